The van der Waals surface area contributed by atoms with Crippen LogP contribution in [0, 0.1) is 11.6 Å². The molecule has 18 heavy (non-hydrogen) atoms. The third kappa shape index (κ3) is 2.45. The van der Waals surface area contributed by atoms with Crippen LogP contribution in [0.15, 0.2) is 24.4 Å². The van der Waals surface area contributed by atoms with Crippen LogP contribution >= 0.6 is 0 Å². The molecule has 0 bridgehead atoms. The molecule has 0 aliphatic rings. The first-order valence-corrected chi connectivity index (χ1v) is 5.41. The third-order valence-electron chi connectivity index (χ3n) is 2.65. The summed E-state index contributed by atoms with van der Waals surface area (Å²) in [6, 6.07) is 3.58. The van der Waals surface area contributed by atoms with E-state index in [1.165, 1.54) is 25.4 Å². The summed E-state index contributed by atoms with van der Waals surface area (Å²) in [6.45, 7) is 0. The number of hydrogen-bond acceptors (Lipinski definition) is 3. The van der Waals surface area contributed by atoms with Gasteiger partial charge in [-0.15, -0.1) is 0 Å². The Morgan fingerprint density at radius 3 is 2.89 bits per heavy atom. The number of aromatic nitrogens is 1. The van der Waals surface area contributed by atoms with Gasteiger partial charge < -0.3 is 4.74 Å². The van der Waals surface area contributed by atoms with Crippen molar-refractivity contribution in [2.45, 2.75) is 12.8 Å². The molecule has 94 valence electrons. The third-order valence-corrected chi connectivity index (χ3v) is 2.65. The lowest BCUT2D eigenvalue weighted by Gasteiger charge is -2.06. The van der Waals surface area contributed by atoms with E-state index in [9.17, 15) is 13.6 Å². The second-order valence-electron chi connectivity index (χ2n) is 3.82. The Hall–Kier alpha value is -2.04. The summed E-state index contributed by atoms with van der Waals surface area (Å²) < 4.78 is 31.3. The van der Waals surface area contributed by atoms with Gasteiger partial charge in [-0.25, -0.2) is 8.78 Å². The van der Waals surface area contributed by atoms with Gasteiger partial charge in [0.1, 0.15) is 11.6 Å². The summed E-state index contributed by atoms with van der Waals surface area (Å²) >= 11 is 0. The van der Waals surface area contributed by atoms with Crippen molar-refractivity contribution >= 4 is 16.7 Å². The quantitative estimate of drug-likeness (QED) is 0.787. The number of halogens is 2. The molecule has 3 nitrogen and oxygen atoms in total. The summed E-state index contributed by atoms with van der Waals surface area (Å²) in [5.74, 6) is -1.69. The van der Waals surface area contributed by atoms with E-state index in [-0.39, 0.29) is 18.2 Å². The van der Waals surface area contributed by atoms with Gasteiger partial charge in [0.25, 0.3) is 0 Å². The average Bonchev–Trinajstić information content (AvgIpc) is 2.35. The molecule has 0 aliphatic carbocycles. The van der Waals surface area contributed by atoms with Crippen LogP contribution in [0.2, 0.25) is 0 Å². The number of hydrogen-bond donors (Lipinski definition) is 0. The van der Waals surface area contributed by atoms with Crippen molar-refractivity contribution in [1.82, 2.24) is 4.98 Å². The van der Waals surface area contributed by atoms with Crippen LogP contribution in [0.3, 0.4) is 0 Å². The molecular weight excluding hydrogens is 240 g/mol. The Bertz CT molecular complexity index is 599. The zero-order valence-electron chi connectivity index (χ0n) is 9.74. The lowest BCUT2D eigenvalue weighted by atomic mass is 10.1. The number of fused-ring (bicyclic) bond motifs is 1. The van der Waals surface area contributed by atoms with Gasteiger partial charge in [0.2, 0.25) is 0 Å². The fraction of sp³-hybridized carbons (Fsp3) is 0.231. The zero-order chi connectivity index (χ0) is 13.1. The molecule has 5 heteroatoms. The lowest BCUT2D eigenvalue weighted by Crippen LogP contribution is -2.04. The normalized spacial score (nSPS) is 10.6. The Morgan fingerprint density at radius 1 is 1.39 bits per heavy atom. The number of aryl methyl sites for hydroxylation is 1. The van der Waals surface area contributed by atoms with Gasteiger partial charge in [-0.1, -0.05) is 0 Å². The van der Waals surface area contributed by atoms with Crippen molar-refractivity contribution in [3.8, 4) is 0 Å². The number of rotatable bonds is 3. The van der Waals surface area contributed by atoms with E-state index in [0.29, 0.717) is 11.1 Å². The molecule has 0 amide bonds. The number of pyridine rings is 1. The van der Waals surface area contributed by atoms with Gasteiger partial charge in [0, 0.05) is 24.1 Å². The highest BCUT2D eigenvalue weighted by Crippen LogP contribution is 2.22. The van der Waals surface area contributed by atoms with Gasteiger partial charge in [-0.05, 0) is 17.5 Å². The predicted molar refractivity (Wildman–Crippen MR) is 62.0 cm³/mol. The van der Waals surface area contributed by atoms with E-state index in [1.807, 2.05) is 0 Å². The Kier molecular flexibility index (Phi) is 3.50. The molecule has 0 spiro atoms. The molecule has 2 aromatic rings. The summed E-state index contributed by atoms with van der Waals surface area (Å²) in [7, 11) is 1.29. The second-order valence-corrected chi connectivity index (χ2v) is 3.82. The van der Waals surface area contributed by atoms with Gasteiger partial charge in [-0.2, -0.15) is 0 Å². The number of esters is 1. The number of methoxy groups -OCH3 is 1. The Labute approximate surface area is 102 Å². The van der Waals surface area contributed by atoms with Gasteiger partial charge >= 0.3 is 5.97 Å². The molecule has 2 rings (SSSR count). The van der Waals surface area contributed by atoms with Crippen LogP contribution in [-0.4, -0.2) is 18.1 Å². The number of ether oxygens (including phenoxy) is 1. The molecule has 0 aliphatic heterocycles. The highest BCUT2D eigenvalue weighted by molar-refractivity contribution is 5.85. The van der Waals surface area contributed by atoms with Gasteiger partial charge in [0.05, 0.1) is 19.2 Å². The Morgan fingerprint density at radius 2 is 2.17 bits per heavy atom. The van der Waals surface area contributed by atoms with Crippen molar-refractivity contribution in [2.24, 2.45) is 0 Å². The molecule has 0 saturated heterocycles. The summed E-state index contributed by atoms with van der Waals surface area (Å²) in [4.78, 5) is 15.1. The Balaban J connectivity index is 2.42. The van der Waals surface area contributed by atoms with E-state index < -0.39 is 17.6 Å². The first-order valence-electron chi connectivity index (χ1n) is 5.41. The first kappa shape index (κ1) is 12.4. The van der Waals surface area contributed by atoms with Crippen molar-refractivity contribution in [3.05, 3.63) is 41.7 Å². The molecule has 0 saturated carbocycles. The molecule has 0 atom stereocenters. The number of carbonyl (C=O) groups is 1. The van der Waals surface area contributed by atoms with Gasteiger partial charge in [-0.3, -0.25) is 9.78 Å². The monoisotopic (exact) mass is 251 g/mol. The van der Waals surface area contributed by atoms with Crippen LogP contribution in [-0.2, 0) is 16.0 Å². The topological polar surface area (TPSA) is 39.2 Å². The molecule has 0 radical (unpaired) electrons. The van der Waals surface area contributed by atoms with E-state index >= 15 is 0 Å². The van der Waals surface area contributed by atoms with E-state index in [0.717, 1.165) is 6.07 Å². The molecular formula is C13H11F2NO2. The fourth-order valence-corrected chi connectivity index (χ4v) is 1.81. The first-order chi connectivity index (χ1) is 8.61. The highest BCUT2D eigenvalue weighted by atomic mass is 19.1. The maximum Gasteiger partial charge on any atom is 0.305 e. The maximum atomic E-state index is 13.7. The van der Waals surface area contributed by atoms with E-state index in [2.05, 4.69) is 9.72 Å². The van der Waals surface area contributed by atoms with Crippen LogP contribution in [0.1, 0.15) is 12.1 Å². The lowest BCUT2D eigenvalue weighted by molar-refractivity contribution is -0.140. The molecule has 0 fully saturated rings. The summed E-state index contributed by atoms with van der Waals surface area (Å²) in [5, 5.41) is 0.685. The molecule has 1 heterocycles. The molecule has 1 aromatic carbocycles. The van der Waals surface area contributed by atoms with E-state index in [4.69, 9.17) is 0 Å². The van der Waals surface area contributed by atoms with E-state index in [1.54, 1.807) is 0 Å². The van der Waals surface area contributed by atoms with Crippen molar-refractivity contribution in [3.63, 3.8) is 0 Å². The summed E-state index contributed by atoms with van der Waals surface area (Å²) in [6.07, 6.45) is 1.83. The average molecular weight is 251 g/mol. The van der Waals surface area contributed by atoms with Crippen LogP contribution in [0.25, 0.3) is 10.8 Å². The maximum absolute atomic E-state index is 13.7. The number of benzene rings is 1. The fourth-order valence-electron chi connectivity index (χ4n) is 1.81. The van der Waals surface area contributed by atoms with Crippen LogP contribution in [0.4, 0.5) is 8.78 Å². The van der Waals surface area contributed by atoms with Crippen LogP contribution in [0.5, 0.6) is 0 Å². The smallest absolute Gasteiger partial charge is 0.305 e. The van der Waals surface area contributed by atoms with Crippen molar-refractivity contribution < 1.29 is 18.3 Å². The predicted octanol–water partition coefficient (Wildman–Crippen LogP) is 2.62. The number of nitrogens with zero attached hydrogens (tertiary/aromatic N) is 1. The molecule has 0 N–H and O–H groups in total. The zero-order valence-corrected chi connectivity index (χ0v) is 9.74. The largest absolute Gasteiger partial charge is 0.469 e. The summed E-state index contributed by atoms with van der Waals surface area (Å²) in [5.41, 5.74) is 0.426. The minimum absolute atomic E-state index is 0.111. The molecule has 1 aromatic heterocycles. The number of carbonyl (C=O) groups excluding carboxylic acids is 1. The van der Waals surface area contributed by atoms with Crippen LogP contribution < -0.4 is 0 Å². The molecule has 0 unspecified atom stereocenters. The second kappa shape index (κ2) is 5.08. The minimum Gasteiger partial charge on any atom is -0.469 e. The van der Waals surface area contributed by atoms with Crippen molar-refractivity contribution in [2.75, 3.05) is 7.11 Å². The minimum atomic E-state index is -0.669. The van der Waals surface area contributed by atoms with Gasteiger partial charge in [0.15, 0.2) is 0 Å². The SMILES string of the molecule is COC(=O)CCc1nccc2cc(F)cc(F)c12. The van der Waals surface area contributed by atoms with Crippen molar-refractivity contribution in [1.29, 1.82) is 0 Å². The highest BCUT2D eigenvalue weighted by Gasteiger charge is 2.11. The standard InChI is InChI=1S/C13H11F2NO2/c1-18-12(17)3-2-11-13-8(4-5-16-11)6-9(14)7-10(13)15/h4-7H,2-3H2,1H3.